The van der Waals surface area contributed by atoms with Gasteiger partial charge in [-0.2, -0.15) is 0 Å². The van der Waals surface area contributed by atoms with Crippen LogP contribution in [0.2, 0.25) is 0 Å². The molecule has 0 spiro atoms. The van der Waals surface area contributed by atoms with E-state index in [0.29, 0.717) is 26.0 Å². The lowest BCUT2D eigenvalue weighted by Gasteiger charge is -2.25. The van der Waals surface area contributed by atoms with E-state index in [2.05, 4.69) is 10.6 Å². The van der Waals surface area contributed by atoms with Crippen LogP contribution in [0.25, 0.3) is 0 Å². The number of amides is 2. The molecule has 3 N–H and O–H groups in total. The van der Waals surface area contributed by atoms with Gasteiger partial charge in [-0.05, 0) is 25.7 Å². The van der Waals surface area contributed by atoms with Crippen molar-refractivity contribution in [1.82, 2.24) is 10.6 Å². The monoisotopic (exact) mass is 258 g/mol. The zero-order chi connectivity index (χ0) is 13.4. The van der Waals surface area contributed by atoms with Crippen LogP contribution in [0.4, 0.5) is 4.79 Å². The van der Waals surface area contributed by atoms with Crippen molar-refractivity contribution < 1.29 is 19.4 Å². The first kappa shape index (κ1) is 14.8. The van der Waals surface area contributed by atoms with Crippen molar-refractivity contribution in [1.29, 1.82) is 0 Å². The number of unbranched alkanes of at least 4 members (excludes halogenated alkanes) is 1. The number of carbonyl (C=O) groups is 2. The number of carboxylic acid groups (broad SMARTS) is 1. The van der Waals surface area contributed by atoms with Crippen molar-refractivity contribution >= 4 is 12.0 Å². The van der Waals surface area contributed by atoms with Crippen molar-refractivity contribution in [3.63, 3.8) is 0 Å². The minimum absolute atomic E-state index is 0.392. The third kappa shape index (κ3) is 4.18. The van der Waals surface area contributed by atoms with E-state index in [1.54, 1.807) is 7.11 Å². The second kappa shape index (κ2) is 7.20. The third-order valence-electron chi connectivity index (χ3n) is 3.28. The molecule has 0 aromatic heterocycles. The molecule has 1 saturated carbocycles. The lowest BCUT2D eigenvalue weighted by atomic mass is 9.98. The Labute approximate surface area is 107 Å². The smallest absolute Gasteiger partial charge is 0.329 e. The molecule has 0 heterocycles. The first-order valence-electron chi connectivity index (χ1n) is 6.39. The van der Waals surface area contributed by atoms with E-state index >= 15 is 0 Å². The number of carbonyl (C=O) groups excluding carboxylic acids is 1. The predicted octanol–water partition coefficient (Wildman–Crippen LogP) is 1.11. The number of carboxylic acids is 1. The van der Waals surface area contributed by atoms with Crippen molar-refractivity contribution in [2.75, 3.05) is 20.3 Å². The van der Waals surface area contributed by atoms with Gasteiger partial charge in [0.2, 0.25) is 0 Å². The van der Waals surface area contributed by atoms with E-state index in [1.807, 2.05) is 0 Å². The van der Waals surface area contributed by atoms with E-state index in [-0.39, 0.29) is 0 Å². The Balaban J connectivity index is 2.27. The van der Waals surface area contributed by atoms with Gasteiger partial charge in [-0.25, -0.2) is 9.59 Å². The minimum atomic E-state index is -1.06. The fraction of sp³-hybridized carbons (Fsp3) is 0.833. The molecule has 0 unspecified atom stereocenters. The number of rotatable bonds is 7. The summed E-state index contributed by atoms with van der Waals surface area (Å²) in [4.78, 5) is 22.8. The van der Waals surface area contributed by atoms with Gasteiger partial charge < -0.3 is 20.5 Å². The topological polar surface area (TPSA) is 87.7 Å². The van der Waals surface area contributed by atoms with Crippen LogP contribution in [0.5, 0.6) is 0 Å². The summed E-state index contributed by atoms with van der Waals surface area (Å²) in [6, 6.07) is -0.392. The summed E-state index contributed by atoms with van der Waals surface area (Å²) in [5.74, 6) is -0.936. The van der Waals surface area contributed by atoms with Crippen molar-refractivity contribution in [3.8, 4) is 0 Å². The molecule has 104 valence electrons. The highest BCUT2D eigenvalue weighted by Crippen LogP contribution is 2.29. The molecule has 0 bridgehead atoms. The van der Waals surface area contributed by atoms with E-state index in [4.69, 9.17) is 4.74 Å². The van der Waals surface area contributed by atoms with Crippen LogP contribution in [0.1, 0.15) is 38.5 Å². The molecule has 0 aromatic rings. The molecule has 1 aliphatic rings. The molecule has 0 aromatic carbocycles. The van der Waals surface area contributed by atoms with E-state index in [0.717, 1.165) is 25.7 Å². The van der Waals surface area contributed by atoms with Gasteiger partial charge in [-0.1, -0.05) is 12.8 Å². The van der Waals surface area contributed by atoms with E-state index in [9.17, 15) is 14.7 Å². The number of aliphatic carboxylic acids is 1. The van der Waals surface area contributed by atoms with Gasteiger partial charge in [-0.3, -0.25) is 0 Å². The molecule has 2 amide bonds. The summed E-state index contributed by atoms with van der Waals surface area (Å²) in [7, 11) is 1.64. The van der Waals surface area contributed by atoms with Crippen LogP contribution in [0.3, 0.4) is 0 Å². The normalized spacial score (nSPS) is 17.4. The summed E-state index contributed by atoms with van der Waals surface area (Å²) in [5.41, 5.74) is -1.06. The zero-order valence-electron chi connectivity index (χ0n) is 10.8. The van der Waals surface area contributed by atoms with Crippen LogP contribution >= 0.6 is 0 Å². The highest BCUT2D eigenvalue weighted by atomic mass is 16.5. The number of ether oxygens (including phenoxy) is 1. The quantitative estimate of drug-likeness (QED) is 0.597. The number of nitrogens with one attached hydrogen (secondary N) is 2. The molecular weight excluding hydrogens is 236 g/mol. The highest BCUT2D eigenvalue weighted by molar-refractivity contribution is 5.86. The Kier molecular flexibility index (Phi) is 5.91. The number of methoxy groups -OCH3 is 1. The molecule has 0 atom stereocenters. The van der Waals surface area contributed by atoms with Crippen LogP contribution in [0, 0.1) is 0 Å². The van der Waals surface area contributed by atoms with Gasteiger partial charge >= 0.3 is 12.0 Å². The number of urea groups is 1. The van der Waals surface area contributed by atoms with Crippen LogP contribution < -0.4 is 10.6 Å². The fourth-order valence-corrected chi connectivity index (χ4v) is 2.21. The van der Waals surface area contributed by atoms with E-state index in [1.165, 1.54) is 0 Å². The van der Waals surface area contributed by atoms with Gasteiger partial charge in [0.05, 0.1) is 0 Å². The van der Waals surface area contributed by atoms with Gasteiger partial charge in [-0.15, -0.1) is 0 Å². The van der Waals surface area contributed by atoms with Gasteiger partial charge in [0.25, 0.3) is 0 Å². The lowest BCUT2D eigenvalue weighted by molar-refractivity contribution is -0.144. The maximum atomic E-state index is 11.6. The molecule has 6 heteroatoms. The second-order valence-corrected chi connectivity index (χ2v) is 4.68. The highest BCUT2D eigenvalue weighted by Gasteiger charge is 2.42. The molecule has 0 radical (unpaired) electrons. The number of hydrogen-bond donors (Lipinski definition) is 3. The fourth-order valence-electron chi connectivity index (χ4n) is 2.21. The lowest BCUT2D eigenvalue weighted by Crippen LogP contribution is -2.55. The zero-order valence-corrected chi connectivity index (χ0v) is 10.8. The summed E-state index contributed by atoms with van der Waals surface area (Å²) < 4.78 is 4.90. The first-order valence-corrected chi connectivity index (χ1v) is 6.39. The Morgan fingerprint density at radius 2 is 1.94 bits per heavy atom. The molecule has 1 aliphatic carbocycles. The molecule has 1 rings (SSSR count). The van der Waals surface area contributed by atoms with Crippen LogP contribution in [-0.2, 0) is 9.53 Å². The predicted molar refractivity (Wildman–Crippen MR) is 66.5 cm³/mol. The Morgan fingerprint density at radius 3 is 2.50 bits per heavy atom. The molecule has 6 nitrogen and oxygen atoms in total. The van der Waals surface area contributed by atoms with Crippen molar-refractivity contribution in [3.05, 3.63) is 0 Å². The summed E-state index contributed by atoms with van der Waals surface area (Å²) >= 11 is 0. The third-order valence-corrected chi connectivity index (χ3v) is 3.28. The summed E-state index contributed by atoms with van der Waals surface area (Å²) in [5, 5.41) is 14.5. The van der Waals surface area contributed by atoms with Crippen LogP contribution in [-0.4, -0.2) is 42.9 Å². The Morgan fingerprint density at radius 1 is 1.28 bits per heavy atom. The maximum Gasteiger partial charge on any atom is 0.329 e. The van der Waals surface area contributed by atoms with Crippen molar-refractivity contribution in [2.24, 2.45) is 0 Å². The average molecular weight is 258 g/mol. The SMILES string of the molecule is COCCCCNC(=O)NC1(C(=O)O)CCCC1. The van der Waals surface area contributed by atoms with Crippen LogP contribution in [0.15, 0.2) is 0 Å². The first-order chi connectivity index (χ1) is 8.60. The largest absolute Gasteiger partial charge is 0.480 e. The molecule has 0 aliphatic heterocycles. The summed E-state index contributed by atoms with van der Waals surface area (Å²) in [6.45, 7) is 1.20. The minimum Gasteiger partial charge on any atom is -0.480 e. The standard InChI is InChI=1S/C12H22N2O4/c1-18-9-5-4-8-13-11(17)14-12(10(15)16)6-2-3-7-12/h2-9H2,1H3,(H,15,16)(H2,13,14,17). The molecule has 1 fully saturated rings. The average Bonchev–Trinajstić information content (AvgIpc) is 2.78. The Bertz CT molecular complexity index is 288. The van der Waals surface area contributed by atoms with Gasteiger partial charge in [0.15, 0.2) is 0 Å². The van der Waals surface area contributed by atoms with E-state index < -0.39 is 17.5 Å². The molecule has 0 saturated heterocycles. The summed E-state index contributed by atoms with van der Waals surface area (Å²) in [6.07, 6.45) is 4.42. The van der Waals surface area contributed by atoms with Crippen molar-refractivity contribution in [2.45, 2.75) is 44.1 Å². The maximum absolute atomic E-state index is 11.6. The second-order valence-electron chi connectivity index (χ2n) is 4.68. The van der Waals surface area contributed by atoms with Gasteiger partial charge in [0.1, 0.15) is 5.54 Å². The molecule has 18 heavy (non-hydrogen) atoms. The molecular formula is C12H22N2O4. The Hall–Kier alpha value is -1.30. The van der Waals surface area contributed by atoms with Gasteiger partial charge in [0, 0.05) is 20.3 Å². The number of hydrogen-bond acceptors (Lipinski definition) is 3.